The Morgan fingerprint density at radius 3 is 2.38 bits per heavy atom. The zero-order chi connectivity index (χ0) is 12.0. The Morgan fingerprint density at radius 1 is 1.25 bits per heavy atom. The van der Waals surface area contributed by atoms with E-state index < -0.39 is 0 Å². The summed E-state index contributed by atoms with van der Waals surface area (Å²) in [6.45, 7) is 4.19. The topological polar surface area (TPSA) is 37.3 Å². The third-order valence-corrected chi connectivity index (χ3v) is 2.92. The first-order chi connectivity index (χ1) is 7.69. The first-order valence-electron chi connectivity index (χ1n) is 6.02. The van der Waals surface area contributed by atoms with Gasteiger partial charge >= 0.3 is 0 Å². The minimum Gasteiger partial charge on any atom is -0.508 e. The average Bonchev–Trinajstić information content (AvgIpc) is 2.30. The van der Waals surface area contributed by atoms with Gasteiger partial charge in [-0.2, -0.15) is 0 Å². The summed E-state index contributed by atoms with van der Waals surface area (Å²) in [5, 5.41) is 9.16. The molecule has 0 amide bonds. The van der Waals surface area contributed by atoms with E-state index in [-0.39, 0.29) is 17.5 Å². The number of hydrogen-bond acceptors (Lipinski definition) is 2. The minimum atomic E-state index is 0.129. The van der Waals surface area contributed by atoms with Gasteiger partial charge in [0, 0.05) is 11.5 Å². The molecule has 0 fully saturated rings. The Labute approximate surface area is 97.3 Å². The number of Topliss-reactive ketones (excluding diaryl/α,β-unsaturated/α-hetero) is 1. The van der Waals surface area contributed by atoms with Gasteiger partial charge in [-0.05, 0) is 37.1 Å². The molecule has 0 aliphatic carbocycles. The number of phenols is 1. The number of phenolic OH excluding ortho intramolecular Hbond substituents is 1. The van der Waals surface area contributed by atoms with Gasteiger partial charge in [-0.15, -0.1) is 0 Å². The minimum absolute atomic E-state index is 0.129. The van der Waals surface area contributed by atoms with Crippen molar-refractivity contribution in [3.8, 4) is 5.75 Å². The fraction of sp³-hybridized carbons (Fsp3) is 0.500. The molecule has 88 valence electrons. The second-order valence-electron chi connectivity index (χ2n) is 4.16. The summed E-state index contributed by atoms with van der Waals surface area (Å²) < 4.78 is 0. The van der Waals surface area contributed by atoms with Crippen LogP contribution in [0.4, 0.5) is 0 Å². The van der Waals surface area contributed by atoms with Crippen molar-refractivity contribution in [2.24, 2.45) is 5.92 Å². The quantitative estimate of drug-likeness (QED) is 0.740. The van der Waals surface area contributed by atoms with Crippen molar-refractivity contribution >= 4 is 5.78 Å². The lowest BCUT2D eigenvalue weighted by molar-refractivity contribution is 0.0908. The molecule has 16 heavy (non-hydrogen) atoms. The number of rotatable bonds is 6. The van der Waals surface area contributed by atoms with Crippen molar-refractivity contribution in [1.82, 2.24) is 0 Å². The Bertz CT molecular complexity index is 327. The van der Waals surface area contributed by atoms with Gasteiger partial charge in [0.1, 0.15) is 5.75 Å². The van der Waals surface area contributed by atoms with Crippen LogP contribution in [-0.4, -0.2) is 10.9 Å². The van der Waals surface area contributed by atoms with E-state index in [0.717, 1.165) is 25.7 Å². The van der Waals surface area contributed by atoms with Crippen LogP contribution < -0.4 is 0 Å². The molecule has 1 aromatic rings. The van der Waals surface area contributed by atoms with E-state index in [4.69, 9.17) is 5.11 Å². The second kappa shape index (κ2) is 6.31. The normalized spacial score (nSPS) is 12.4. The molecule has 1 rings (SSSR count). The summed E-state index contributed by atoms with van der Waals surface area (Å²) in [7, 11) is 0. The molecule has 0 saturated heterocycles. The number of carbonyl (C=O) groups excluding carboxylic acids is 1. The van der Waals surface area contributed by atoms with Crippen molar-refractivity contribution in [3.63, 3.8) is 0 Å². The van der Waals surface area contributed by atoms with Crippen LogP contribution in [0.3, 0.4) is 0 Å². The maximum absolute atomic E-state index is 12.1. The summed E-state index contributed by atoms with van der Waals surface area (Å²) in [5.41, 5.74) is 0.709. The molecule has 1 N–H and O–H groups in total. The van der Waals surface area contributed by atoms with E-state index in [2.05, 4.69) is 13.8 Å². The summed E-state index contributed by atoms with van der Waals surface area (Å²) in [4.78, 5) is 12.1. The first kappa shape index (κ1) is 12.8. The van der Waals surface area contributed by atoms with Crippen LogP contribution in [0.1, 0.15) is 49.9 Å². The fourth-order valence-electron chi connectivity index (χ4n) is 1.83. The molecule has 0 aromatic heterocycles. The van der Waals surface area contributed by atoms with Gasteiger partial charge in [0.05, 0.1) is 0 Å². The van der Waals surface area contributed by atoms with E-state index >= 15 is 0 Å². The molecule has 0 aliphatic rings. The third kappa shape index (κ3) is 3.37. The standard InChI is InChI=1S/C14H20O2/c1-3-5-6-11(4-2)14(16)12-7-9-13(15)10-8-12/h7-11,15H,3-6H2,1-2H3. The lowest BCUT2D eigenvalue weighted by atomic mass is 9.91. The molecule has 2 nitrogen and oxygen atoms in total. The van der Waals surface area contributed by atoms with Crippen LogP contribution in [0.15, 0.2) is 24.3 Å². The van der Waals surface area contributed by atoms with Crippen LogP contribution in [0, 0.1) is 5.92 Å². The second-order valence-corrected chi connectivity index (χ2v) is 4.16. The highest BCUT2D eigenvalue weighted by Gasteiger charge is 2.17. The molecule has 0 aliphatic heterocycles. The zero-order valence-corrected chi connectivity index (χ0v) is 10.1. The maximum atomic E-state index is 12.1. The van der Waals surface area contributed by atoms with Crippen molar-refractivity contribution in [1.29, 1.82) is 0 Å². The number of carbonyl (C=O) groups is 1. The molecule has 2 heteroatoms. The molecule has 1 unspecified atom stereocenters. The van der Waals surface area contributed by atoms with Crippen LogP contribution >= 0.6 is 0 Å². The van der Waals surface area contributed by atoms with Crippen molar-refractivity contribution in [2.45, 2.75) is 39.5 Å². The molecular formula is C14H20O2. The number of benzene rings is 1. The number of hydrogen-bond donors (Lipinski definition) is 1. The zero-order valence-electron chi connectivity index (χ0n) is 10.1. The highest BCUT2D eigenvalue weighted by molar-refractivity contribution is 5.97. The van der Waals surface area contributed by atoms with Crippen LogP contribution in [0.5, 0.6) is 5.75 Å². The predicted octanol–water partition coefficient (Wildman–Crippen LogP) is 3.79. The van der Waals surface area contributed by atoms with Crippen molar-refractivity contribution < 1.29 is 9.90 Å². The average molecular weight is 220 g/mol. The van der Waals surface area contributed by atoms with Gasteiger partial charge in [-0.25, -0.2) is 0 Å². The molecule has 1 aromatic carbocycles. The monoisotopic (exact) mass is 220 g/mol. The van der Waals surface area contributed by atoms with Gasteiger partial charge in [-0.1, -0.05) is 26.7 Å². The van der Waals surface area contributed by atoms with E-state index in [1.165, 1.54) is 0 Å². The summed E-state index contributed by atoms with van der Waals surface area (Å²) in [5.74, 6) is 0.540. The highest BCUT2D eigenvalue weighted by Crippen LogP contribution is 2.20. The Kier molecular flexibility index (Phi) is 5.03. The third-order valence-electron chi connectivity index (χ3n) is 2.92. The van der Waals surface area contributed by atoms with Gasteiger partial charge in [-0.3, -0.25) is 4.79 Å². The SMILES string of the molecule is CCCCC(CC)C(=O)c1ccc(O)cc1. The van der Waals surface area contributed by atoms with E-state index in [1.54, 1.807) is 24.3 Å². The lowest BCUT2D eigenvalue weighted by Crippen LogP contribution is -2.13. The van der Waals surface area contributed by atoms with E-state index in [1.807, 2.05) is 0 Å². The maximum Gasteiger partial charge on any atom is 0.165 e. The van der Waals surface area contributed by atoms with Gasteiger partial charge in [0.15, 0.2) is 5.78 Å². The summed E-state index contributed by atoms with van der Waals surface area (Å²) in [6.07, 6.45) is 4.08. The Balaban J connectivity index is 2.70. The van der Waals surface area contributed by atoms with Crippen molar-refractivity contribution in [3.05, 3.63) is 29.8 Å². The van der Waals surface area contributed by atoms with Crippen LogP contribution in [-0.2, 0) is 0 Å². The van der Waals surface area contributed by atoms with E-state index in [0.29, 0.717) is 5.56 Å². The highest BCUT2D eigenvalue weighted by atomic mass is 16.3. The molecule has 1 atom stereocenters. The summed E-state index contributed by atoms with van der Waals surface area (Å²) >= 11 is 0. The van der Waals surface area contributed by atoms with Crippen LogP contribution in [0.25, 0.3) is 0 Å². The molecular weight excluding hydrogens is 200 g/mol. The predicted molar refractivity (Wildman–Crippen MR) is 65.7 cm³/mol. The molecule has 0 saturated carbocycles. The van der Waals surface area contributed by atoms with Gasteiger partial charge in [0.2, 0.25) is 0 Å². The number of unbranched alkanes of at least 4 members (excludes halogenated alkanes) is 1. The fourth-order valence-corrected chi connectivity index (χ4v) is 1.83. The molecule has 0 spiro atoms. The first-order valence-corrected chi connectivity index (χ1v) is 6.02. The van der Waals surface area contributed by atoms with Gasteiger partial charge < -0.3 is 5.11 Å². The molecule has 0 bridgehead atoms. The lowest BCUT2D eigenvalue weighted by Gasteiger charge is -2.13. The Hall–Kier alpha value is -1.31. The molecule has 0 heterocycles. The Morgan fingerprint density at radius 2 is 1.88 bits per heavy atom. The van der Waals surface area contributed by atoms with E-state index in [9.17, 15) is 4.79 Å². The number of ketones is 1. The smallest absolute Gasteiger partial charge is 0.165 e. The molecule has 0 radical (unpaired) electrons. The van der Waals surface area contributed by atoms with Crippen molar-refractivity contribution in [2.75, 3.05) is 0 Å². The van der Waals surface area contributed by atoms with Crippen LogP contribution in [0.2, 0.25) is 0 Å². The largest absolute Gasteiger partial charge is 0.508 e. The summed E-state index contributed by atoms with van der Waals surface area (Å²) in [6, 6.07) is 6.54. The van der Waals surface area contributed by atoms with Gasteiger partial charge in [0.25, 0.3) is 0 Å². The number of aromatic hydroxyl groups is 1.